The number of aryl methyl sites for hydroxylation is 1. The predicted octanol–water partition coefficient (Wildman–Crippen LogP) is 1.47. The minimum Gasteiger partial charge on any atom is -0.289 e. The van der Waals surface area contributed by atoms with Crippen molar-refractivity contribution in [3.05, 3.63) is 35.6 Å². The van der Waals surface area contributed by atoms with Gasteiger partial charge in [-0.25, -0.2) is 9.07 Å². The number of carbonyl (C=O) groups excluding carboxylic acids is 1. The summed E-state index contributed by atoms with van der Waals surface area (Å²) in [6.45, 7) is 2.58. The average Bonchev–Trinajstić information content (AvgIpc) is 2.77. The number of amides is 1. The summed E-state index contributed by atoms with van der Waals surface area (Å²) in [5.41, 5.74) is 0.223. The second-order valence-corrected chi connectivity index (χ2v) is 3.69. The molecule has 1 aromatic carbocycles. The Kier molecular flexibility index (Phi) is 3.61. The molecule has 6 nitrogen and oxygen atoms in total. The predicted molar refractivity (Wildman–Crippen MR) is 62.5 cm³/mol. The van der Waals surface area contributed by atoms with Gasteiger partial charge in [0.1, 0.15) is 5.82 Å². The second-order valence-electron chi connectivity index (χ2n) is 3.69. The highest BCUT2D eigenvalue weighted by molar-refractivity contribution is 6.03. The summed E-state index contributed by atoms with van der Waals surface area (Å²) in [6.07, 6.45) is 0.841. The van der Waals surface area contributed by atoms with E-state index < -0.39 is 11.7 Å². The largest absolute Gasteiger partial charge is 0.289 e. The van der Waals surface area contributed by atoms with Crippen molar-refractivity contribution >= 4 is 11.9 Å². The summed E-state index contributed by atoms with van der Waals surface area (Å²) in [4.78, 5) is 11.8. The minimum atomic E-state index is -0.462. The van der Waals surface area contributed by atoms with Crippen LogP contribution in [0, 0.1) is 5.82 Å². The summed E-state index contributed by atoms with van der Waals surface area (Å²) in [6, 6.07) is 5.42. The van der Waals surface area contributed by atoms with Crippen molar-refractivity contribution in [1.29, 1.82) is 0 Å². The molecule has 0 aliphatic carbocycles. The molecule has 1 aromatic heterocycles. The van der Waals surface area contributed by atoms with E-state index in [0.29, 0.717) is 6.54 Å². The number of hydrogen-bond donors (Lipinski definition) is 1. The van der Waals surface area contributed by atoms with Crippen LogP contribution in [0.4, 0.5) is 10.3 Å². The van der Waals surface area contributed by atoms with E-state index in [9.17, 15) is 9.18 Å². The van der Waals surface area contributed by atoms with Crippen LogP contribution < -0.4 is 5.32 Å². The topological polar surface area (TPSA) is 72.7 Å². The molecule has 0 radical (unpaired) electrons. The molecule has 94 valence electrons. The van der Waals surface area contributed by atoms with Crippen LogP contribution in [0.5, 0.6) is 0 Å². The summed E-state index contributed by atoms with van der Waals surface area (Å²) in [7, 11) is 0. The first-order chi connectivity index (χ1) is 8.70. The van der Waals surface area contributed by atoms with Gasteiger partial charge < -0.3 is 0 Å². The molecular weight excluding hydrogens is 237 g/mol. The minimum absolute atomic E-state index is 0.223. The van der Waals surface area contributed by atoms with E-state index >= 15 is 0 Å². The molecule has 2 aromatic rings. The fourth-order valence-electron chi connectivity index (χ4n) is 1.46. The molecule has 0 unspecified atom stereocenters. The number of carbonyl (C=O) groups is 1. The van der Waals surface area contributed by atoms with Gasteiger partial charge in [0.2, 0.25) is 5.95 Å². The lowest BCUT2D eigenvalue weighted by molar-refractivity contribution is 0.102. The normalized spacial score (nSPS) is 10.3. The maximum absolute atomic E-state index is 13.0. The monoisotopic (exact) mass is 249 g/mol. The lowest BCUT2D eigenvalue weighted by Crippen LogP contribution is -2.16. The number of aromatic nitrogens is 4. The third-order valence-corrected chi connectivity index (χ3v) is 2.28. The summed E-state index contributed by atoms with van der Waals surface area (Å²) in [5, 5.41) is 13.5. The Morgan fingerprint density at radius 3 is 3.06 bits per heavy atom. The van der Waals surface area contributed by atoms with Crippen molar-refractivity contribution in [3.8, 4) is 0 Å². The maximum Gasteiger partial charge on any atom is 0.258 e. The van der Waals surface area contributed by atoms with E-state index in [2.05, 4.69) is 20.8 Å². The van der Waals surface area contributed by atoms with Gasteiger partial charge in [0.25, 0.3) is 5.91 Å². The number of nitrogens with one attached hydrogen (secondary N) is 1. The van der Waals surface area contributed by atoms with Crippen molar-refractivity contribution in [2.45, 2.75) is 19.9 Å². The Bertz CT molecular complexity index is 554. The van der Waals surface area contributed by atoms with Crippen LogP contribution in [0.25, 0.3) is 0 Å². The van der Waals surface area contributed by atoms with Gasteiger partial charge in [-0.3, -0.25) is 10.1 Å². The van der Waals surface area contributed by atoms with E-state index in [0.717, 1.165) is 12.5 Å². The maximum atomic E-state index is 13.0. The summed E-state index contributed by atoms with van der Waals surface area (Å²) in [5.74, 6) is -0.649. The molecule has 0 aliphatic rings. The molecule has 1 amide bonds. The van der Waals surface area contributed by atoms with Gasteiger partial charge in [-0.15, -0.1) is 0 Å². The Morgan fingerprint density at radius 1 is 1.50 bits per heavy atom. The van der Waals surface area contributed by atoms with Crippen molar-refractivity contribution < 1.29 is 9.18 Å². The van der Waals surface area contributed by atoms with Gasteiger partial charge >= 0.3 is 0 Å². The fraction of sp³-hybridized carbons (Fsp3) is 0.273. The molecule has 2 rings (SSSR count). The summed E-state index contributed by atoms with van der Waals surface area (Å²) < 4.78 is 14.5. The molecule has 1 N–H and O–H groups in total. The number of tetrazole rings is 1. The average molecular weight is 249 g/mol. The lowest BCUT2D eigenvalue weighted by atomic mass is 10.2. The van der Waals surface area contributed by atoms with Crippen LogP contribution in [0.15, 0.2) is 24.3 Å². The number of rotatable bonds is 4. The smallest absolute Gasteiger partial charge is 0.258 e. The van der Waals surface area contributed by atoms with Crippen LogP contribution in [0.2, 0.25) is 0 Å². The van der Waals surface area contributed by atoms with Crippen LogP contribution in [0.1, 0.15) is 23.7 Å². The van der Waals surface area contributed by atoms with E-state index in [1.54, 1.807) is 0 Å². The summed E-state index contributed by atoms with van der Waals surface area (Å²) >= 11 is 0. The van der Waals surface area contributed by atoms with E-state index in [1.165, 1.54) is 22.9 Å². The van der Waals surface area contributed by atoms with Gasteiger partial charge in [0, 0.05) is 12.1 Å². The molecule has 0 fully saturated rings. The van der Waals surface area contributed by atoms with Crippen molar-refractivity contribution in [1.82, 2.24) is 20.2 Å². The Balaban J connectivity index is 2.14. The SMILES string of the molecule is CCCn1nnnc1NC(=O)c1cccc(F)c1. The van der Waals surface area contributed by atoms with Gasteiger partial charge in [-0.2, -0.15) is 0 Å². The van der Waals surface area contributed by atoms with Gasteiger partial charge in [-0.1, -0.05) is 18.1 Å². The first-order valence-electron chi connectivity index (χ1n) is 5.54. The van der Waals surface area contributed by atoms with Crippen LogP contribution >= 0.6 is 0 Å². The molecule has 1 heterocycles. The van der Waals surface area contributed by atoms with Gasteiger partial charge in [0.05, 0.1) is 0 Å². The highest BCUT2D eigenvalue weighted by Gasteiger charge is 2.11. The van der Waals surface area contributed by atoms with Crippen molar-refractivity contribution in [2.24, 2.45) is 0 Å². The van der Waals surface area contributed by atoms with Crippen LogP contribution in [0.3, 0.4) is 0 Å². The molecule has 0 spiro atoms. The number of anilines is 1. The molecular formula is C11H12FN5O. The Morgan fingerprint density at radius 2 is 2.33 bits per heavy atom. The Hall–Kier alpha value is -2.31. The zero-order valence-electron chi connectivity index (χ0n) is 9.80. The number of hydrogen-bond acceptors (Lipinski definition) is 4. The molecule has 0 bridgehead atoms. The molecule has 0 saturated carbocycles. The zero-order chi connectivity index (χ0) is 13.0. The molecule has 7 heteroatoms. The van der Waals surface area contributed by atoms with E-state index in [1.807, 2.05) is 6.92 Å². The van der Waals surface area contributed by atoms with Crippen molar-refractivity contribution in [2.75, 3.05) is 5.32 Å². The van der Waals surface area contributed by atoms with Gasteiger partial charge in [-0.05, 0) is 35.0 Å². The second kappa shape index (κ2) is 5.35. The lowest BCUT2D eigenvalue weighted by Gasteiger charge is -2.04. The zero-order valence-corrected chi connectivity index (χ0v) is 9.80. The third-order valence-electron chi connectivity index (χ3n) is 2.28. The molecule has 0 saturated heterocycles. The first kappa shape index (κ1) is 12.2. The standard InChI is InChI=1S/C11H12FN5O/c1-2-6-17-11(14-15-16-17)13-10(18)8-4-3-5-9(12)7-8/h3-5,7H,2,6H2,1H3,(H,13,14,16,18). The first-order valence-corrected chi connectivity index (χ1v) is 5.54. The molecule has 0 aliphatic heterocycles. The third kappa shape index (κ3) is 2.68. The van der Waals surface area contributed by atoms with Crippen LogP contribution in [-0.4, -0.2) is 26.1 Å². The highest BCUT2D eigenvalue weighted by atomic mass is 19.1. The Labute approximate surface area is 103 Å². The number of nitrogens with zero attached hydrogens (tertiary/aromatic N) is 4. The highest BCUT2D eigenvalue weighted by Crippen LogP contribution is 2.07. The van der Waals surface area contributed by atoms with E-state index in [-0.39, 0.29) is 11.5 Å². The van der Waals surface area contributed by atoms with Crippen LogP contribution in [-0.2, 0) is 6.54 Å². The fourth-order valence-corrected chi connectivity index (χ4v) is 1.46. The number of halogens is 1. The van der Waals surface area contributed by atoms with E-state index in [4.69, 9.17) is 0 Å². The number of benzene rings is 1. The molecule has 0 atom stereocenters. The molecule has 18 heavy (non-hydrogen) atoms. The quantitative estimate of drug-likeness (QED) is 0.890. The van der Waals surface area contributed by atoms with Crippen molar-refractivity contribution in [3.63, 3.8) is 0 Å². The van der Waals surface area contributed by atoms with Gasteiger partial charge in [0.15, 0.2) is 0 Å².